The van der Waals surface area contributed by atoms with Crippen molar-refractivity contribution in [3.05, 3.63) is 45.8 Å². The van der Waals surface area contributed by atoms with E-state index in [1.807, 2.05) is 29.0 Å². The van der Waals surface area contributed by atoms with Crippen molar-refractivity contribution in [2.75, 3.05) is 12.4 Å². The minimum atomic E-state index is -0.525. The van der Waals surface area contributed by atoms with Crippen molar-refractivity contribution < 1.29 is 14.5 Å². The molecule has 0 bridgehead atoms. The summed E-state index contributed by atoms with van der Waals surface area (Å²) in [5.41, 5.74) is 0.114. The molecule has 1 unspecified atom stereocenters. The number of amides is 1. The van der Waals surface area contributed by atoms with E-state index >= 15 is 0 Å². The zero-order valence-corrected chi connectivity index (χ0v) is 17.6. The number of anilines is 1. The Hall–Kier alpha value is -2.92. The van der Waals surface area contributed by atoms with Crippen molar-refractivity contribution >= 4 is 40.4 Å². The number of thiophene rings is 1. The predicted molar refractivity (Wildman–Crippen MR) is 113 cm³/mol. The Morgan fingerprint density at radius 3 is 2.83 bits per heavy atom. The SMILES string of the molecule is CCn1c(SC(C)C(=O)Nc2cc([N+](=O)[O-])ccc2OC)nnc1-c1cccs1. The van der Waals surface area contributed by atoms with Crippen molar-refractivity contribution in [1.82, 2.24) is 14.8 Å². The minimum Gasteiger partial charge on any atom is -0.495 e. The number of thioether (sulfide) groups is 1. The van der Waals surface area contributed by atoms with Gasteiger partial charge < -0.3 is 14.6 Å². The molecule has 0 fully saturated rings. The number of ether oxygens (including phenoxy) is 1. The zero-order chi connectivity index (χ0) is 21.0. The number of nitrogens with zero attached hydrogens (tertiary/aromatic N) is 4. The van der Waals surface area contributed by atoms with Gasteiger partial charge in [-0.15, -0.1) is 21.5 Å². The Morgan fingerprint density at radius 1 is 1.41 bits per heavy atom. The lowest BCUT2D eigenvalue weighted by Gasteiger charge is -2.14. The third-order valence-electron chi connectivity index (χ3n) is 4.08. The van der Waals surface area contributed by atoms with Crippen LogP contribution in [0.4, 0.5) is 11.4 Å². The van der Waals surface area contributed by atoms with Crippen LogP contribution in [-0.4, -0.2) is 38.0 Å². The first-order valence-corrected chi connectivity index (χ1v) is 10.5. The molecule has 0 spiro atoms. The van der Waals surface area contributed by atoms with Gasteiger partial charge in [-0.25, -0.2) is 0 Å². The molecule has 0 saturated carbocycles. The number of nitro groups is 1. The van der Waals surface area contributed by atoms with E-state index in [1.54, 1.807) is 18.3 Å². The Kier molecular flexibility index (Phi) is 6.49. The van der Waals surface area contributed by atoms with Crippen molar-refractivity contribution in [3.63, 3.8) is 0 Å². The van der Waals surface area contributed by atoms with Crippen LogP contribution in [0, 0.1) is 10.1 Å². The van der Waals surface area contributed by atoms with Gasteiger partial charge in [-0.05, 0) is 31.4 Å². The fraction of sp³-hybridized carbons (Fsp3) is 0.278. The molecule has 1 aromatic carbocycles. The number of aromatic nitrogens is 3. The molecule has 29 heavy (non-hydrogen) atoms. The molecule has 1 atom stereocenters. The maximum Gasteiger partial charge on any atom is 0.271 e. The molecule has 3 rings (SSSR count). The van der Waals surface area contributed by atoms with Gasteiger partial charge in [-0.2, -0.15) is 0 Å². The standard InChI is InChI=1S/C18H19N5O4S2/c1-4-22-16(15-6-5-9-28-15)20-21-18(22)29-11(2)17(24)19-13-10-12(23(25)26)7-8-14(13)27-3/h5-11H,4H2,1-3H3,(H,19,24). The van der Waals surface area contributed by atoms with E-state index in [0.717, 1.165) is 10.7 Å². The maximum absolute atomic E-state index is 12.7. The quantitative estimate of drug-likeness (QED) is 0.324. The first kappa shape index (κ1) is 20.8. The Labute approximate surface area is 175 Å². The van der Waals surface area contributed by atoms with E-state index in [-0.39, 0.29) is 17.3 Å². The van der Waals surface area contributed by atoms with Crippen LogP contribution in [0.25, 0.3) is 10.7 Å². The highest BCUT2D eigenvalue weighted by atomic mass is 32.2. The average Bonchev–Trinajstić information content (AvgIpc) is 3.37. The molecule has 0 aliphatic rings. The summed E-state index contributed by atoms with van der Waals surface area (Å²) in [6.45, 7) is 4.39. The first-order valence-electron chi connectivity index (χ1n) is 8.71. The minimum absolute atomic E-state index is 0.132. The number of hydrogen-bond donors (Lipinski definition) is 1. The third-order valence-corrected chi connectivity index (χ3v) is 6.02. The van der Waals surface area contributed by atoms with E-state index in [9.17, 15) is 14.9 Å². The lowest BCUT2D eigenvalue weighted by Crippen LogP contribution is -2.23. The summed E-state index contributed by atoms with van der Waals surface area (Å²) in [6, 6.07) is 7.97. The second-order valence-corrected chi connectivity index (χ2v) is 8.17. The summed E-state index contributed by atoms with van der Waals surface area (Å²) in [7, 11) is 1.44. The summed E-state index contributed by atoms with van der Waals surface area (Å²) in [5.74, 6) is 0.785. The van der Waals surface area contributed by atoms with E-state index in [0.29, 0.717) is 17.5 Å². The van der Waals surface area contributed by atoms with Gasteiger partial charge in [0, 0.05) is 18.7 Å². The van der Waals surface area contributed by atoms with Gasteiger partial charge in [0.1, 0.15) is 5.75 Å². The Bertz CT molecular complexity index is 1020. The predicted octanol–water partition coefficient (Wildman–Crippen LogP) is 4.06. The molecule has 2 aromatic heterocycles. The van der Waals surface area contributed by atoms with Crippen LogP contribution >= 0.6 is 23.1 Å². The highest BCUT2D eigenvalue weighted by Crippen LogP contribution is 2.32. The number of carbonyl (C=O) groups is 1. The van der Waals surface area contributed by atoms with Crippen LogP contribution in [0.2, 0.25) is 0 Å². The van der Waals surface area contributed by atoms with Crippen LogP contribution in [0.1, 0.15) is 13.8 Å². The number of non-ortho nitro benzene ring substituents is 1. The maximum atomic E-state index is 12.7. The van der Waals surface area contributed by atoms with Gasteiger partial charge in [0.25, 0.3) is 5.69 Å². The van der Waals surface area contributed by atoms with Gasteiger partial charge in [0.15, 0.2) is 11.0 Å². The number of carbonyl (C=O) groups excluding carboxylic acids is 1. The van der Waals surface area contributed by atoms with Crippen molar-refractivity contribution in [2.24, 2.45) is 0 Å². The lowest BCUT2D eigenvalue weighted by atomic mass is 10.2. The molecule has 152 valence electrons. The first-order chi connectivity index (χ1) is 13.9. The van der Waals surface area contributed by atoms with E-state index in [2.05, 4.69) is 15.5 Å². The molecule has 1 N–H and O–H groups in total. The summed E-state index contributed by atoms with van der Waals surface area (Å²) in [4.78, 5) is 24.2. The zero-order valence-electron chi connectivity index (χ0n) is 16.0. The van der Waals surface area contributed by atoms with Gasteiger partial charge >= 0.3 is 0 Å². The van der Waals surface area contributed by atoms with Crippen LogP contribution < -0.4 is 10.1 Å². The van der Waals surface area contributed by atoms with Gasteiger partial charge in [0.05, 0.1) is 27.8 Å². The number of methoxy groups -OCH3 is 1. The summed E-state index contributed by atoms with van der Waals surface area (Å²) in [5, 5.41) is 24.3. The summed E-state index contributed by atoms with van der Waals surface area (Å²) >= 11 is 2.84. The van der Waals surface area contributed by atoms with Crippen LogP contribution in [0.5, 0.6) is 5.75 Å². The number of nitrogens with one attached hydrogen (secondary N) is 1. The molecular weight excluding hydrogens is 414 g/mol. The molecule has 1 amide bonds. The normalized spacial score (nSPS) is 11.8. The van der Waals surface area contributed by atoms with Gasteiger partial charge in [-0.3, -0.25) is 14.9 Å². The van der Waals surface area contributed by atoms with Crippen LogP contribution in [0.3, 0.4) is 0 Å². The van der Waals surface area contributed by atoms with Crippen molar-refractivity contribution in [3.8, 4) is 16.5 Å². The van der Waals surface area contributed by atoms with Crippen LogP contribution in [0.15, 0.2) is 40.9 Å². The molecule has 3 aromatic rings. The number of hydrogen-bond acceptors (Lipinski definition) is 8. The van der Waals surface area contributed by atoms with E-state index in [4.69, 9.17) is 4.74 Å². The fourth-order valence-corrected chi connectivity index (χ4v) is 4.23. The van der Waals surface area contributed by atoms with Crippen molar-refractivity contribution in [2.45, 2.75) is 30.8 Å². The second-order valence-electron chi connectivity index (χ2n) is 5.92. The monoisotopic (exact) mass is 433 g/mol. The van der Waals surface area contributed by atoms with Crippen LogP contribution in [-0.2, 0) is 11.3 Å². The average molecular weight is 434 g/mol. The molecule has 0 radical (unpaired) electrons. The van der Waals surface area contributed by atoms with E-state index < -0.39 is 10.2 Å². The number of nitro benzene ring substituents is 1. The number of benzene rings is 1. The second kappa shape index (κ2) is 9.05. The molecule has 9 nitrogen and oxygen atoms in total. The topological polar surface area (TPSA) is 112 Å². The molecule has 11 heteroatoms. The van der Waals surface area contributed by atoms with E-state index in [1.165, 1.54) is 37.1 Å². The lowest BCUT2D eigenvalue weighted by molar-refractivity contribution is -0.384. The molecule has 0 aliphatic heterocycles. The van der Waals surface area contributed by atoms with Gasteiger partial charge in [0.2, 0.25) is 5.91 Å². The molecule has 0 aliphatic carbocycles. The summed E-state index contributed by atoms with van der Waals surface area (Å²) < 4.78 is 7.14. The third kappa shape index (κ3) is 4.57. The highest BCUT2D eigenvalue weighted by Gasteiger charge is 2.22. The van der Waals surface area contributed by atoms with Gasteiger partial charge in [-0.1, -0.05) is 17.8 Å². The highest BCUT2D eigenvalue weighted by molar-refractivity contribution is 8.00. The fourth-order valence-electron chi connectivity index (χ4n) is 2.60. The molecule has 2 heterocycles. The largest absolute Gasteiger partial charge is 0.495 e. The Morgan fingerprint density at radius 2 is 2.21 bits per heavy atom. The number of rotatable bonds is 8. The molecule has 0 saturated heterocycles. The van der Waals surface area contributed by atoms with Crippen molar-refractivity contribution in [1.29, 1.82) is 0 Å². The molecular formula is C18H19N5O4S2. The summed E-state index contributed by atoms with van der Waals surface area (Å²) in [6.07, 6.45) is 0. The Balaban J connectivity index is 1.77. The smallest absolute Gasteiger partial charge is 0.271 e.